The molecule has 27 heavy (non-hydrogen) atoms. The maximum absolute atomic E-state index is 11.7. The standard InChI is InChI=1S/C19H25N5O3/c1-11-3-4-13(9-16(11)25)22-18-15(17(20)26)10-21-19(24-18)23-12-5-7-14(27-2)8-6-12/h5-8,10-11,13,16,25H,3-4,9H2,1-2H3,(H2,20,26)(H2,21,22,23,24)/t11-,13-,16-/m1/s1. The number of nitrogens with zero attached hydrogens (tertiary/aromatic N) is 2. The Balaban J connectivity index is 1.78. The van der Waals surface area contributed by atoms with E-state index in [1.165, 1.54) is 6.20 Å². The van der Waals surface area contributed by atoms with Gasteiger partial charge in [0.05, 0.1) is 18.8 Å². The number of nitrogens with two attached hydrogens (primary N) is 1. The molecular weight excluding hydrogens is 346 g/mol. The Labute approximate surface area is 158 Å². The Kier molecular flexibility index (Phi) is 5.75. The van der Waals surface area contributed by atoms with Gasteiger partial charge in [-0.1, -0.05) is 6.92 Å². The van der Waals surface area contributed by atoms with E-state index in [1.54, 1.807) is 7.11 Å². The zero-order valence-corrected chi connectivity index (χ0v) is 15.5. The minimum atomic E-state index is -0.599. The fourth-order valence-electron chi connectivity index (χ4n) is 3.16. The molecule has 1 amide bonds. The number of carbonyl (C=O) groups is 1. The molecule has 1 aromatic carbocycles. The Bertz CT molecular complexity index is 796. The highest BCUT2D eigenvalue weighted by Crippen LogP contribution is 2.27. The van der Waals surface area contributed by atoms with Gasteiger partial charge in [0.1, 0.15) is 11.6 Å². The van der Waals surface area contributed by atoms with Gasteiger partial charge in [-0.25, -0.2) is 4.98 Å². The molecule has 5 N–H and O–H groups in total. The second-order valence-corrected chi connectivity index (χ2v) is 6.87. The van der Waals surface area contributed by atoms with Crippen LogP contribution in [0, 0.1) is 5.92 Å². The fourth-order valence-corrected chi connectivity index (χ4v) is 3.16. The lowest BCUT2D eigenvalue weighted by molar-refractivity contribution is 0.0739. The van der Waals surface area contributed by atoms with Crippen molar-refractivity contribution in [1.29, 1.82) is 0 Å². The number of anilines is 3. The summed E-state index contributed by atoms with van der Waals surface area (Å²) in [5, 5.41) is 16.5. The predicted octanol–water partition coefficient (Wildman–Crippen LogP) is 2.29. The zero-order valence-electron chi connectivity index (χ0n) is 15.5. The van der Waals surface area contributed by atoms with Crippen LogP contribution in [-0.2, 0) is 0 Å². The Morgan fingerprint density at radius 3 is 2.67 bits per heavy atom. The second kappa shape index (κ2) is 8.22. The summed E-state index contributed by atoms with van der Waals surface area (Å²) in [6.45, 7) is 2.04. The van der Waals surface area contributed by atoms with Crippen LogP contribution >= 0.6 is 0 Å². The van der Waals surface area contributed by atoms with E-state index < -0.39 is 5.91 Å². The third kappa shape index (κ3) is 4.65. The maximum Gasteiger partial charge on any atom is 0.254 e. The molecule has 144 valence electrons. The average Bonchev–Trinajstić information content (AvgIpc) is 2.65. The Morgan fingerprint density at radius 2 is 2.04 bits per heavy atom. The molecule has 0 bridgehead atoms. The molecule has 1 aliphatic carbocycles. The molecule has 1 heterocycles. The third-order valence-electron chi connectivity index (χ3n) is 4.89. The first kappa shape index (κ1) is 18.9. The highest BCUT2D eigenvalue weighted by Gasteiger charge is 2.27. The molecule has 1 aliphatic rings. The average molecular weight is 371 g/mol. The lowest BCUT2D eigenvalue weighted by Crippen LogP contribution is -2.35. The molecule has 2 aromatic rings. The lowest BCUT2D eigenvalue weighted by Gasteiger charge is -2.32. The number of nitrogens with one attached hydrogen (secondary N) is 2. The Morgan fingerprint density at radius 1 is 1.30 bits per heavy atom. The number of benzene rings is 1. The number of amides is 1. The Hall–Kier alpha value is -2.87. The van der Waals surface area contributed by atoms with Crippen molar-refractivity contribution in [1.82, 2.24) is 9.97 Å². The van der Waals surface area contributed by atoms with E-state index in [1.807, 2.05) is 31.2 Å². The molecule has 0 spiro atoms. The van der Waals surface area contributed by atoms with E-state index in [9.17, 15) is 9.90 Å². The molecule has 1 aromatic heterocycles. The van der Waals surface area contributed by atoms with Crippen LogP contribution in [0.4, 0.5) is 17.5 Å². The molecule has 1 fully saturated rings. The zero-order chi connectivity index (χ0) is 19.4. The molecule has 3 atom stereocenters. The van der Waals surface area contributed by atoms with Crippen LogP contribution in [-0.4, -0.2) is 40.2 Å². The van der Waals surface area contributed by atoms with Gasteiger partial charge < -0.3 is 26.2 Å². The van der Waals surface area contributed by atoms with Crippen molar-refractivity contribution in [3.8, 4) is 5.75 Å². The fraction of sp³-hybridized carbons (Fsp3) is 0.421. The van der Waals surface area contributed by atoms with Crippen LogP contribution in [0.3, 0.4) is 0 Å². The molecule has 1 saturated carbocycles. The molecule has 3 rings (SSSR count). The van der Waals surface area contributed by atoms with Gasteiger partial charge in [-0.2, -0.15) is 4.98 Å². The van der Waals surface area contributed by atoms with E-state index >= 15 is 0 Å². The second-order valence-electron chi connectivity index (χ2n) is 6.87. The van der Waals surface area contributed by atoms with E-state index in [0.717, 1.165) is 24.3 Å². The van der Waals surface area contributed by atoms with Crippen molar-refractivity contribution in [2.24, 2.45) is 11.7 Å². The molecule has 0 aliphatic heterocycles. The molecule has 0 radical (unpaired) electrons. The van der Waals surface area contributed by atoms with Crippen molar-refractivity contribution in [3.63, 3.8) is 0 Å². The predicted molar refractivity (Wildman–Crippen MR) is 103 cm³/mol. The molecule has 8 nitrogen and oxygen atoms in total. The minimum Gasteiger partial charge on any atom is -0.497 e. The quantitative estimate of drug-likeness (QED) is 0.614. The first-order chi connectivity index (χ1) is 13.0. The van der Waals surface area contributed by atoms with Gasteiger partial charge in [0, 0.05) is 17.9 Å². The first-order valence-electron chi connectivity index (χ1n) is 8.98. The van der Waals surface area contributed by atoms with Gasteiger partial charge in [0.15, 0.2) is 0 Å². The van der Waals surface area contributed by atoms with E-state index in [-0.39, 0.29) is 23.6 Å². The van der Waals surface area contributed by atoms with Crippen LogP contribution < -0.4 is 21.1 Å². The van der Waals surface area contributed by atoms with Gasteiger partial charge in [-0.3, -0.25) is 4.79 Å². The van der Waals surface area contributed by atoms with Crippen molar-refractivity contribution in [2.45, 2.75) is 38.3 Å². The number of ether oxygens (including phenoxy) is 1. The third-order valence-corrected chi connectivity index (χ3v) is 4.89. The van der Waals surface area contributed by atoms with E-state index in [0.29, 0.717) is 18.2 Å². The highest BCUT2D eigenvalue weighted by molar-refractivity contribution is 5.97. The SMILES string of the molecule is COc1ccc(Nc2ncc(C(N)=O)c(N[C@@H]3CC[C@@H](C)[C@H](O)C3)n2)cc1. The summed E-state index contributed by atoms with van der Waals surface area (Å²) < 4.78 is 5.14. The van der Waals surface area contributed by atoms with Crippen molar-refractivity contribution in [3.05, 3.63) is 36.0 Å². The van der Waals surface area contributed by atoms with Gasteiger partial charge >= 0.3 is 0 Å². The normalized spacial score (nSPS) is 22.1. The number of aliphatic hydroxyl groups is 1. The van der Waals surface area contributed by atoms with E-state index in [2.05, 4.69) is 20.6 Å². The molecular formula is C19H25N5O3. The number of aliphatic hydroxyl groups excluding tert-OH is 1. The van der Waals surface area contributed by atoms with Gasteiger partial charge in [0.2, 0.25) is 5.95 Å². The van der Waals surface area contributed by atoms with Crippen LogP contribution in [0.15, 0.2) is 30.5 Å². The molecule has 0 saturated heterocycles. The van der Waals surface area contributed by atoms with Gasteiger partial charge in [-0.05, 0) is 49.4 Å². The summed E-state index contributed by atoms with van der Waals surface area (Å²) in [7, 11) is 1.61. The minimum absolute atomic E-state index is 0.0260. The topological polar surface area (TPSA) is 122 Å². The number of hydrogen-bond donors (Lipinski definition) is 4. The van der Waals surface area contributed by atoms with Gasteiger partial charge in [0.25, 0.3) is 5.91 Å². The largest absolute Gasteiger partial charge is 0.497 e. The summed E-state index contributed by atoms with van der Waals surface area (Å²) in [4.78, 5) is 20.3. The summed E-state index contributed by atoms with van der Waals surface area (Å²) in [6, 6.07) is 7.36. The number of carbonyl (C=O) groups excluding carboxylic acids is 1. The van der Waals surface area contributed by atoms with Crippen molar-refractivity contribution in [2.75, 3.05) is 17.7 Å². The van der Waals surface area contributed by atoms with Crippen LogP contribution in [0.5, 0.6) is 5.75 Å². The number of rotatable bonds is 6. The highest BCUT2D eigenvalue weighted by atomic mass is 16.5. The first-order valence-corrected chi connectivity index (χ1v) is 8.98. The lowest BCUT2D eigenvalue weighted by atomic mass is 9.85. The van der Waals surface area contributed by atoms with E-state index in [4.69, 9.17) is 10.5 Å². The number of aromatic nitrogens is 2. The summed E-state index contributed by atoms with van der Waals surface area (Å²) in [6.07, 6.45) is 3.44. The summed E-state index contributed by atoms with van der Waals surface area (Å²) >= 11 is 0. The summed E-state index contributed by atoms with van der Waals surface area (Å²) in [5.74, 6) is 1.14. The van der Waals surface area contributed by atoms with Crippen LogP contribution in [0.2, 0.25) is 0 Å². The maximum atomic E-state index is 11.7. The van der Waals surface area contributed by atoms with Crippen molar-refractivity contribution < 1.29 is 14.6 Å². The molecule has 8 heteroatoms. The van der Waals surface area contributed by atoms with Crippen LogP contribution in [0.25, 0.3) is 0 Å². The molecule has 0 unspecified atom stereocenters. The number of methoxy groups -OCH3 is 1. The number of hydrogen-bond acceptors (Lipinski definition) is 7. The van der Waals surface area contributed by atoms with Crippen molar-refractivity contribution >= 4 is 23.4 Å². The number of primary amides is 1. The summed E-state index contributed by atoms with van der Waals surface area (Å²) in [5.41, 5.74) is 6.47. The van der Waals surface area contributed by atoms with Crippen LogP contribution in [0.1, 0.15) is 36.5 Å². The smallest absolute Gasteiger partial charge is 0.254 e. The monoisotopic (exact) mass is 371 g/mol. The van der Waals surface area contributed by atoms with Gasteiger partial charge in [-0.15, -0.1) is 0 Å².